The van der Waals surface area contributed by atoms with E-state index in [0.717, 1.165) is 25.7 Å². The lowest BCUT2D eigenvalue weighted by Crippen LogP contribution is -2.14. The van der Waals surface area contributed by atoms with Crippen LogP contribution in [0.5, 0.6) is 0 Å². The first-order chi connectivity index (χ1) is 19.1. The number of carbonyl (C=O) groups is 1. The van der Waals surface area contributed by atoms with Crippen molar-refractivity contribution in [1.29, 1.82) is 0 Å². The van der Waals surface area contributed by atoms with Crippen molar-refractivity contribution in [2.75, 3.05) is 6.61 Å². The number of ether oxygens (including phenoxy) is 1. The maximum atomic E-state index is 12.4. The number of aliphatic hydroxyl groups is 1. The third kappa shape index (κ3) is 30.2. The average molecular weight is 553 g/mol. The monoisotopic (exact) mass is 553 g/mol. The molecule has 2 atom stereocenters. The predicted molar refractivity (Wildman–Crippen MR) is 171 cm³/mol. The lowest BCUT2D eigenvalue weighted by atomic mass is 9.95. The van der Waals surface area contributed by atoms with Crippen LogP contribution in [-0.2, 0) is 9.53 Å². The molecule has 0 aliphatic heterocycles. The van der Waals surface area contributed by atoms with Gasteiger partial charge in [0.05, 0.1) is 12.7 Å². The molecule has 0 heterocycles. The summed E-state index contributed by atoms with van der Waals surface area (Å²) >= 11 is 0. The summed E-state index contributed by atoms with van der Waals surface area (Å²) in [6.45, 7) is 7.43. The molecule has 0 amide bonds. The number of esters is 1. The Balaban J connectivity index is 3.79. The van der Waals surface area contributed by atoms with Crippen LogP contribution in [0.15, 0.2) is 0 Å². The molecule has 39 heavy (non-hydrogen) atoms. The number of hydrogen-bond donors (Lipinski definition) is 1. The SMILES string of the molecule is CCCCCCCCCC(CCCCCCC)COC(=O)CCCCCCCCCCC(O)CCCCCC. The molecule has 0 saturated heterocycles. The van der Waals surface area contributed by atoms with Gasteiger partial charge in [0.1, 0.15) is 0 Å². The summed E-state index contributed by atoms with van der Waals surface area (Å²) in [7, 11) is 0. The van der Waals surface area contributed by atoms with E-state index in [-0.39, 0.29) is 12.1 Å². The van der Waals surface area contributed by atoms with Crippen molar-refractivity contribution in [1.82, 2.24) is 0 Å². The smallest absolute Gasteiger partial charge is 0.305 e. The first kappa shape index (κ1) is 38.4. The van der Waals surface area contributed by atoms with E-state index >= 15 is 0 Å². The van der Waals surface area contributed by atoms with Crippen LogP contribution in [0.25, 0.3) is 0 Å². The van der Waals surface area contributed by atoms with Crippen LogP contribution in [0, 0.1) is 5.92 Å². The zero-order valence-electron chi connectivity index (χ0n) is 27.1. The Morgan fingerprint density at radius 2 is 0.821 bits per heavy atom. The van der Waals surface area contributed by atoms with Crippen molar-refractivity contribution in [2.45, 2.75) is 213 Å². The van der Waals surface area contributed by atoms with Gasteiger partial charge in [-0.1, -0.05) is 168 Å². The number of aliphatic hydroxyl groups excluding tert-OH is 1. The van der Waals surface area contributed by atoms with E-state index < -0.39 is 0 Å². The molecule has 0 aromatic heterocycles. The molecule has 0 rings (SSSR count). The number of hydrogen-bond acceptors (Lipinski definition) is 3. The second-order valence-electron chi connectivity index (χ2n) is 12.5. The topological polar surface area (TPSA) is 46.5 Å². The fraction of sp³-hybridized carbons (Fsp3) is 0.972. The molecular formula is C36H72O3. The van der Waals surface area contributed by atoms with Gasteiger partial charge in [-0.25, -0.2) is 0 Å². The number of unbranched alkanes of at least 4 members (excludes halogenated alkanes) is 20. The van der Waals surface area contributed by atoms with E-state index in [1.54, 1.807) is 0 Å². The highest BCUT2D eigenvalue weighted by Crippen LogP contribution is 2.20. The molecule has 0 spiro atoms. The van der Waals surface area contributed by atoms with Crippen LogP contribution in [0.4, 0.5) is 0 Å². The van der Waals surface area contributed by atoms with Gasteiger partial charge in [-0.15, -0.1) is 0 Å². The Labute approximate surface area is 246 Å². The van der Waals surface area contributed by atoms with Crippen molar-refractivity contribution < 1.29 is 14.6 Å². The van der Waals surface area contributed by atoms with Gasteiger partial charge in [-0.05, 0) is 38.0 Å². The molecule has 0 bridgehead atoms. The van der Waals surface area contributed by atoms with Crippen LogP contribution in [-0.4, -0.2) is 23.8 Å². The molecule has 3 heteroatoms. The third-order valence-electron chi connectivity index (χ3n) is 8.47. The Morgan fingerprint density at radius 3 is 1.26 bits per heavy atom. The van der Waals surface area contributed by atoms with E-state index in [0.29, 0.717) is 18.9 Å². The quantitative estimate of drug-likeness (QED) is 0.0666. The van der Waals surface area contributed by atoms with Crippen molar-refractivity contribution >= 4 is 5.97 Å². The van der Waals surface area contributed by atoms with Crippen molar-refractivity contribution in [3.8, 4) is 0 Å². The Morgan fingerprint density at radius 1 is 0.487 bits per heavy atom. The van der Waals surface area contributed by atoms with Crippen LogP contribution < -0.4 is 0 Å². The molecule has 2 unspecified atom stereocenters. The second-order valence-corrected chi connectivity index (χ2v) is 12.5. The van der Waals surface area contributed by atoms with E-state index in [1.165, 1.54) is 154 Å². The van der Waals surface area contributed by atoms with Crippen LogP contribution >= 0.6 is 0 Å². The Kier molecular flexibility index (Phi) is 31.5. The average Bonchev–Trinajstić information content (AvgIpc) is 2.93. The standard InChI is InChI=1S/C36H72O3/c1-4-7-10-13-16-20-24-29-34(28-23-19-11-8-5-2)33-39-36(38)32-27-22-18-15-14-17-21-26-31-35(37)30-25-12-9-6-3/h34-35,37H,4-33H2,1-3H3. The fourth-order valence-electron chi connectivity index (χ4n) is 5.68. The first-order valence-corrected chi connectivity index (χ1v) is 18.0. The van der Waals surface area contributed by atoms with E-state index in [1.807, 2.05) is 0 Å². The molecule has 0 aromatic carbocycles. The zero-order valence-corrected chi connectivity index (χ0v) is 27.1. The fourth-order valence-corrected chi connectivity index (χ4v) is 5.68. The normalized spacial score (nSPS) is 13.0. The Bertz CT molecular complexity index is 478. The second kappa shape index (κ2) is 32.0. The summed E-state index contributed by atoms with van der Waals surface area (Å²) < 4.78 is 5.76. The molecule has 234 valence electrons. The maximum Gasteiger partial charge on any atom is 0.305 e. The first-order valence-electron chi connectivity index (χ1n) is 18.0. The minimum atomic E-state index is -0.0805. The van der Waals surface area contributed by atoms with Gasteiger partial charge in [0, 0.05) is 6.42 Å². The van der Waals surface area contributed by atoms with Crippen LogP contribution in [0.3, 0.4) is 0 Å². The molecule has 0 radical (unpaired) electrons. The summed E-state index contributed by atoms with van der Waals surface area (Å²) in [4.78, 5) is 12.4. The minimum Gasteiger partial charge on any atom is -0.465 e. The number of carbonyl (C=O) groups excluding carboxylic acids is 1. The largest absolute Gasteiger partial charge is 0.465 e. The van der Waals surface area contributed by atoms with Gasteiger partial charge < -0.3 is 9.84 Å². The van der Waals surface area contributed by atoms with Crippen LogP contribution in [0.1, 0.15) is 207 Å². The highest BCUT2D eigenvalue weighted by Gasteiger charge is 2.12. The molecule has 0 aliphatic rings. The minimum absolute atomic E-state index is 0.0267. The summed E-state index contributed by atoms with van der Waals surface area (Å²) in [5.41, 5.74) is 0. The molecule has 3 nitrogen and oxygen atoms in total. The third-order valence-corrected chi connectivity index (χ3v) is 8.47. The summed E-state index contributed by atoms with van der Waals surface area (Å²) in [6.07, 6.45) is 35.6. The van der Waals surface area contributed by atoms with Gasteiger partial charge in [0.25, 0.3) is 0 Å². The maximum absolute atomic E-state index is 12.4. The lowest BCUT2D eigenvalue weighted by molar-refractivity contribution is -0.145. The van der Waals surface area contributed by atoms with E-state index in [4.69, 9.17) is 4.74 Å². The molecular weight excluding hydrogens is 480 g/mol. The molecule has 0 aromatic rings. The van der Waals surface area contributed by atoms with Gasteiger partial charge in [0.15, 0.2) is 0 Å². The summed E-state index contributed by atoms with van der Waals surface area (Å²) in [6, 6.07) is 0. The summed E-state index contributed by atoms with van der Waals surface area (Å²) in [5.74, 6) is 0.590. The summed E-state index contributed by atoms with van der Waals surface area (Å²) in [5, 5.41) is 10.1. The predicted octanol–water partition coefficient (Wildman–Crippen LogP) is 11.9. The van der Waals surface area contributed by atoms with Crippen molar-refractivity contribution in [3.05, 3.63) is 0 Å². The van der Waals surface area contributed by atoms with Crippen LogP contribution in [0.2, 0.25) is 0 Å². The van der Waals surface area contributed by atoms with E-state index in [2.05, 4.69) is 20.8 Å². The van der Waals surface area contributed by atoms with Gasteiger partial charge in [-0.2, -0.15) is 0 Å². The number of rotatable bonds is 32. The molecule has 1 N–H and O–H groups in total. The molecule has 0 fully saturated rings. The van der Waals surface area contributed by atoms with Gasteiger partial charge >= 0.3 is 5.97 Å². The lowest BCUT2D eigenvalue weighted by Gasteiger charge is -2.17. The van der Waals surface area contributed by atoms with Gasteiger partial charge in [-0.3, -0.25) is 4.79 Å². The highest BCUT2D eigenvalue weighted by atomic mass is 16.5. The van der Waals surface area contributed by atoms with Crippen molar-refractivity contribution in [2.24, 2.45) is 5.92 Å². The molecule has 0 aliphatic carbocycles. The van der Waals surface area contributed by atoms with Crippen molar-refractivity contribution in [3.63, 3.8) is 0 Å². The van der Waals surface area contributed by atoms with Gasteiger partial charge in [0.2, 0.25) is 0 Å². The molecule has 0 saturated carbocycles. The zero-order chi connectivity index (χ0) is 28.7. The van der Waals surface area contributed by atoms with E-state index in [9.17, 15) is 9.90 Å². The Hall–Kier alpha value is -0.570. The highest BCUT2D eigenvalue weighted by molar-refractivity contribution is 5.69.